The first kappa shape index (κ1) is 15.1. The molecular weight excluding hydrogens is 251 g/mol. The fraction of sp³-hybridized carbons (Fsp3) is 0.385. The Kier molecular flexibility index (Phi) is 5.00. The summed E-state index contributed by atoms with van der Waals surface area (Å²) in [6.45, 7) is 1.62. The van der Waals surface area contributed by atoms with Crippen molar-refractivity contribution in [3.05, 3.63) is 35.6 Å². The van der Waals surface area contributed by atoms with E-state index in [4.69, 9.17) is 4.74 Å². The lowest BCUT2D eigenvalue weighted by molar-refractivity contribution is -0.139. The second-order valence-corrected chi connectivity index (χ2v) is 4.18. The molecule has 0 saturated heterocycles. The van der Waals surface area contributed by atoms with Gasteiger partial charge in [-0.1, -0.05) is 18.2 Å². The van der Waals surface area contributed by atoms with Gasteiger partial charge in [0, 0.05) is 19.7 Å². The summed E-state index contributed by atoms with van der Waals surface area (Å²) in [5.74, 6) is -1.98. The molecule has 0 heterocycles. The minimum absolute atomic E-state index is 0.0172. The quantitative estimate of drug-likeness (QED) is 0.784. The lowest BCUT2D eigenvalue weighted by atomic mass is 9.95. The number of carbonyl (C=O) groups is 2. The highest BCUT2D eigenvalue weighted by Crippen LogP contribution is 2.26. The molecule has 0 saturated carbocycles. The molecule has 0 radical (unpaired) electrons. The van der Waals surface area contributed by atoms with E-state index in [1.807, 2.05) is 0 Å². The molecule has 104 valence electrons. The standard InChI is InChI=1S/C13H17FN2O3/c1-13(19-3,8-16-12(18)11(17)15-2)9-6-4-5-7-10(9)14/h4-7H,8H2,1-3H3,(H,15,17)(H,16,18). The molecule has 0 fully saturated rings. The zero-order chi connectivity index (χ0) is 14.5. The van der Waals surface area contributed by atoms with Gasteiger partial charge in [-0.25, -0.2) is 4.39 Å². The number of ether oxygens (including phenoxy) is 1. The van der Waals surface area contributed by atoms with E-state index in [0.717, 1.165) is 0 Å². The molecule has 0 aliphatic rings. The lowest BCUT2D eigenvalue weighted by Gasteiger charge is -2.29. The highest BCUT2D eigenvalue weighted by atomic mass is 19.1. The number of carbonyl (C=O) groups excluding carboxylic acids is 2. The number of hydrogen-bond donors (Lipinski definition) is 2. The molecule has 0 aromatic heterocycles. The van der Waals surface area contributed by atoms with Gasteiger partial charge in [-0.3, -0.25) is 9.59 Å². The van der Waals surface area contributed by atoms with Crippen LogP contribution in [0.25, 0.3) is 0 Å². The van der Waals surface area contributed by atoms with Crippen LogP contribution in [0.2, 0.25) is 0 Å². The van der Waals surface area contributed by atoms with Gasteiger partial charge >= 0.3 is 11.8 Å². The molecule has 1 rings (SSSR count). The van der Waals surface area contributed by atoms with Crippen LogP contribution < -0.4 is 10.6 Å². The minimum atomic E-state index is -1.05. The Bertz CT molecular complexity index is 479. The van der Waals surface area contributed by atoms with E-state index in [1.54, 1.807) is 25.1 Å². The second kappa shape index (κ2) is 6.29. The Labute approximate surface area is 111 Å². The van der Waals surface area contributed by atoms with E-state index in [0.29, 0.717) is 5.56 Å². The van der Waals surface area contributed by atoms with Crippen LogP contribution in [0, 0.1) is 5.82 Å². The van der Waals surface area contributed by atoms with E-state index >= 15 is 0 Å². The molecule has 0 aliphatic carbocycles. The Morgan fingerprint density at radius 2 is 1.95 bits per heavy atom. The number of nitrogens with one attached hydrogen (secondary N) is 2. The Morgan fingerprint density at radius 1 is 1.32 bits per heavy atom. The van der Waals surface area contributed by atoms with Crippen molar-refractivity contribution >= 4 is 11.8 Å². The maximum atomic E-state index is 13.7. The van der Waals surface area contributed by atoms with Gasteiger partial charge in [-0.05, 0) is 13.0 Å². The van der Waals surface area contributed by atoms with Crippen LogP contribution in [0.15, 0.2) is 24.3 Å². The number of rotatable bonds is 4. The van der Waals surface area contributed by atoms with Gasteiger partial charge in [0.1, 0.15) is 11.4 Å². The van der Waals surface area contributed by atoms with E-state index in [-0.39, 0.29) is 6.54 Å². The van der Waals surface area contributed by atoms with Crippen molar-refractivity contribution in [1.82, 2.24) is 10.6 Å². The summed E-state index contributed by atoms with van der Waals surface area (Å²) in [6.07, 6.45) is 0. The maximum Gasteiger partial charge on any atom is 0.309 e. The fourth-order valence-corrected chi connectivity index (χ4v) is 1.61. The van der Waals surface area contributed by atoms with Crippen LogP contribution in [0.3, 0.4) is 0 Å². The number of halogens is 1. The summed E-state index contributed by atoms with van der Waals surface area (Å²) >= 11 is 0. The van der Waals surface area contributed by atoms with Gasteiger partial charge in [0.2, 0.25) is 0 Å². The monoisotopic (exact) mass is 268 g/mol. The van der Waals surface area contributed by atoms with Crippen LogP contribution >= 0.6 is 0 Å². The number of amides is 2. The number of methoxy groups -OCH3 is 1. The molecule has 2 N–H and O–H groups in total. The van der Waals surface area contributed by atoms with Crippen molar-refractivity contribution in [2.75, 3.05) is 20.7 Å². The van der Waals surface area contributed by atoms with Gasteiger partial charge < -0.3 is 15.4 Å². The number of hydrogen-bond acceptors (Lipinski definition) is 3. The summed E-state index contributed by atoms with van der Waals surface area (Å²) in [5.41, 5.74) is -0.732. The topological polar surface area (TPSA) is 67.4 Å². The average molecular weight is 268 g/mol. The third kappa shape index (κ3) is 3.51. The largest absolute Gasteiger partial charge is 0.372 e. The van der Waals surface area contributed by atoms with Crippen LogP contribution in [0.5, 0.6) is 0 Å². The SMILES string of the molecule is CNC(=O)C(=O)NCC(C)(OC)c1ccccc1F. The van der Waals surface area contributed by atoms with Crippen LogP contribution in [0.4, 0.5) is 4.39 Å². The van der Waals surface area contributed by atoms with Crippen LogP contribution in [0.1, 0.15) is 12.5 Å². The second-order valence-electron chi connectivity index (χ2n) is 4.18. The molecular formula is C13H17FN2O3. The maximum absolute atomic E-state index is 13.7. The van der Waals surface area contributed by atoms with E-state index in [2.05, 4.69) is 10.6 Å². The third-order valence-electron chi connectivity index (χ3n) is 2.91. The summed E-state index contributed by atoms with van der Waals surface area (Å²) in [6, 6.07) is 6.13. The molecule has 1 aromatic rings. The van der Waals surface area contributed by atoms with E-state index < -0.39 is 23.2 Å². The summed E-state index contributed by atoms with van der Waals surface area (Å²) in [5, 5.41) is 4.61. The zero-order valence-electron chi connectivity index (χ0n) is 11.1. The lowest BCUT2D eigenvalue weighted by Crippen LogP contribution is -2.45. The first-order valence-electron chi connectivity index (χ1n) is 5.74. The van der Waals surface area contributed by atoms with E-state index in [1.165, 1.54) is 20.2 Å². The molecule has 2 amide bonds. The first-order valence-corrected chi connectivity index (χ1v) is 5.74. The molecule has 1 aromatic carbocycles. The molecule has 0 spiro atoms. The smallest absolute Gasteiger partial charge is 0.309 e. The van der Waals surface area contributed by atoms with Crippen molar-refractivity contribution < 1.29 is 18.7 Å². The molecule has 6 heteroatoms. The number of benzene rings is 1. The predicted octanol–water partition coefficient (Wildman–Crippen LogP) is 0.550. The fourth-order valence-electron chi connectivity index (χ4n) is 1.61. The highest BCUT2D eigenvalue weighted by Gasteiger charge is 2.30. The third-order valence-corrected chi connectivity index (χ3v) is 2.91. The van der Waals surface area contributed by atoms with Crippen molar-refractivity contribution in [2.45, 2.75) is 12.5 Å². The average Bonchev–Trinajstić information content (AvgIpc) is 2.44. The van der Waals surface area contributed by atoms with Crippen molar-refractivity contribution in [2.24, 2.45) is 0 Å². The first-order chi connectivity index (χ1) is 8.94. The number of likely N-dealkylation sites (N-methyl/N-ethyl adjacent to an activating group) is 1. The van der Waals surface area contributed by atoms with Crippen molar-refractivity contribution in [3.8, 4) is 0 Å². The predicted molar refractivity (Wildman–Crippen MR) is 67.8 cm³/mol. The summed E-state index contributed by atoms with van der Waals surface area (Å²) in [4.78, 5) is 22.5. The Balaban J connectivity index is 2.85. The minimum Gasteiger partial charge on any atom is -0.372 e. The molecule has 5 nitrogen and oxygen atoms in total. The molecule has 1 atom stereocenters. The molecule has 0 bridgehead atoms. The summed E-state index contributed by atoms with van der Waals surface area (Å²) < 4.78 is 19.0. The van der Waals surface area contributed by atoms with E-state index in [9.17, 15) is 14.0 Å². The molecule has 1 unspecified atom stereocenters. The zero-order valence-corrected chi connectivity index (χ0v) is 11.1. The van der Waals surface area contributed by atoms with Crippen LogP contribution in [-0.2, 0) is 19.9 Å². The van der Waals surface area contributed by atoms with Gasteiger partial charge in [-0.15, -0.1) is 0 Å². The Morgan fingerprint density at radius 3 is 2.47 bits per heavy atom. The van der Waals surface area contributed by atoms with Gasteiger partial charge in [0.05, 0.1) is 6.54 Å². The molecule has 19 heavy (non-hydrogen) atoms. The van der Waals surface area contributed by atoms with Gasteiger partial charge in [0.25, 0.3) is 0 Å². The molecule has 0 aliphatic heterocycles. The van der Waals surface area contributed by atoms with Crippen LogP contribution in [-0.4, -0.2) is 32.5 Å². The summed E-state index contributed by atoms with van der Waals surface area (Å²) in [7, 11) is 2.77. The highest BCUT2D eigenvalue weighted by molar-refractivity contribution is 6.35. The van der Waals surface area contributed by atoms with Gasteiger partial charge in [-0.2, -0.15) is 0 Å². The van der Waals surface area contributed by atoms with Crippen molar-refractivity contribution in [1.29, 1.82) is 0 Å². The normalized spacial score (nSPS) is 13.5. The Hall–Kier alpha value is -1.95. The van der Waals surface area contributed by atoms with Crippen molar-refractivity contribution in [3.63, 3.8) is 0 Å². The van der Waals surface area contributed by atoms with Gasteiger partial charge in [0.15, 0.2) is 0 Å².